The molecule has 0 spiro atoms. The third kappa shape index (κ3) is 7.06. The van der Waals surface area contributed by atoms with Gasteiger partial charge in [-0.25, -0.2) is 0 Å². The van der Waals surface area contributed by atoms with Crippen LogP contribution in [-0.4, -0.2) is 40.5 Å². The largest absolute Gasteiger partial charge is 0.385 e. The molecule has 1 unspecified atom stereocenters. The van der Waals surface area contributed by atoms with Crippen molar-refractivity contribution >= 4 is 15.9 Å². The van der Waals surface area contributed by atoms with Crippen LogP contribution in [0, 0.1) is 0 Å². The van der Waals surface area contributed by atoms with Crippen LogP contribution in [0.3, 0.4) is 0 Å². The number of ether oxygens (including phenoxy) is 2. The topological polar surface area (TPSA) is 30.5 Å². The summed E-state index contributed by atoms with van der Waals surface area (Å²) in [5, 5.41) is 3.25. The molecule has 0 aliphatic heterocycles. The molecule has 1 aromatic rings. The van der Waals surface area contributed by atoms with Gasteiger partial charge in [0.2, 0.25) is 0 Å². The van der Waals surface area contributed by atoms with Crippen LogP contribution in [0.4, 0.5) is 0 Å². The Morgan fingerprint density at radius 2 is 1.89 bits per heavy atom. The maximum absolute atomic E-state index is 5.64. The predicted molar refractivity (Wildman–Crippen MR) is 82.7 cm³/mol. The first-order valence-electron chi connectivity index (χ1n) is 6.74. The summed E-state index contributed by atoms with van der Waals surface area (Å²) in [6.45, 7) is 3.32. The van der Waals surface area contributed by atoms with Gasteiger partial charge in [-0.05, 0) is 43.5 Å². The molecule has 0 radical (unpaired) electrons. The van der Waals surface area contributed by atoms with E-state index in [1.807, 2.05) is 7.05 Å². The van der Waals surface area contributed by atoms with Gasteiger partial charge in [0.1, 0.15) is 0 Å². The van der Waals surface area contributed by atoms with Crippen LogP contribution in [0.2, 0.25) is 0 Å². The monoisotopic (exact) mass is 329 g/mol. The number of nitrogens with one attached hydrogen (secondary N) is 1. The fourth-order valence-electron chi connectivity index (χ4n) is 2.00. The molecule has 0 heterocycles. The summed E-state index contributed by atoms with van der Waals surface area (Å²) >= 11 is 3.47. The molecule has 0 fully saturated rings. The minimum atomic E-state index is 0.500. The molecule has 1 aromatic carbocycles. The van der Waals surface area contributed by atoms with Crippen LogP contribution in [0.25, 0.3) is 0 Å². The summed E-state index contributed by atoms with van der Waals surface area (Å²) in [7, 11) is 3.71. The second-order valence-electron chi connectivity index (χ2n) is 4.55. The predicted octanol–water partition coefficient (Wildman–Crippen LogP) is 3.20. The summed E-state index contributed by atoms with van der Waals surface area (Å²) in [6.07, 6.45) is 2.00. The number of halogens is 1. The van der Waals surface area contributed by atoms with Crippen LogP contribution in [-0.2, 0) is 9.47 Å². The van der Waals surface area contributed by atoms with Gasteiger partial charge < -0.3 is 14.8 Å². The zero-order valence-electron chi connectivity index (χ0n) is 11.8. The molecule has 1 rings (SSSR count). The molecule has 0 saturated carbocycles. The van der Waals surface area contributed by atoms with Crippen molar-refractivity contribution in [1.82, 2.24) is 5.32 Å². The lowest BCUT2D eigenvalue weighted by molar-refractivity contribution is 0.0981. The van der Waals surface area contributed by atoms with E-state index in [0.717, 1.165) is 43.7 Å². The van der Waals surface area contributed by atoms with Crippen molar-refractivity contribution in [2.24, 2.45) is 0 Å². The van der Waals surface area contributed by atoms with E-state index in [4.69, 9.17) is 9.47 Å². The van der Waals surface area contributed by atoms with Crippen molar-refractivity contribution < 1.29 is 9.47 Å². The fraction of sp³-hybridized carbons (Fsp3) is 0.600. The zero-order valence-corrected chi connectivity index (χ0v) is 13.4. The maximum Gasteiger partial charge on any atom is 0.0487 e. The van der Waals surface area contributed by atoms with E-state index >= 15 is 0 Å². The lowest BCUT2D eigenvalue weighted by Gasteiger charge is -2.17. The van der Waals surface area contributed by atoms with Gasteiger partial charge in [-0.15, -0.1) is 0 Å². The first-order chi connectivity index (χ1) is 9.27. The van der Waals surface area contributed by atoms with E-state index in [0.29, 0.717) is 5.92 Å². The minimum Gasteiger partial charge on any atom is -0.385 e. The molecule has 0 aliphatic carbocycles. The Morgan fingerprint density at radius 1 is 1.16 bits per heavy atom. The lowest BCUT2D eigenvalue weighted by atomic mass is 9.96. The molecule has 0 saturated heterocycles. The van der Waals surface area contributed by atoms with Crippen molar-refractivity contribution in [2.45, 2.75) is 18.8 Å². The van der Waals surface area contributed by atoms with E-state index in [1.165, 1.54) is 5.56 Å². The fourth-order valence-corrected chi connectivity index (χ4v) is 2.27. The zero-order chi connectivity index (χ0) is 13.9. The van der Waals surface area contributed by atoms with Gasteiger partial charge in [-0.2, -0.15) is 0 Å². The number of benzene rings is 1. The Balaban J connectivity index is 2.34. The first kappa shape index (κ1) is 16.6. The molecular weight excluding hydrogens is 306 g/mol. The van der Waals surface area contributed by atoms with Crippen LogP contribution in [0.1, 0.15) is 24.3 Å². The first-order valence-corrected chi connectivity index (χ1v) is 7.54. The number of methoxy groups -OCH3 is 1. The third-order valence-corrected chi connectivity index (χ3v) is 3.57. The second-order valence-corrected chi connectivity index (χ2v) is 5.47. The van der Waals surface area contributed by atoms with Crippen LogP contribution in [0.5, 0.6) is 0 Å². The summed E-state index contributed by atoms with van der Waals surface area (Å²) < 4.78 is 11.8. The number of hydrogen-bond donors (Lipinski definition) is 1. The molecule has 1 atom stereocenters. The highest BCUT2D eigenvalue weighted by molar-refractivity contribution is 9.10. The Morgan fingerprint density at radius 3 is 2.53 bits per heavy atom. The van der Waals surface area contributed by atoms with Gasteiger partial charge in [0.25, 0.3) is 0 Å². The summed E-state index contributed by atoms with van der Waals surface area (Å²) in [4.78, 5) is 0. The highest BCUT2D eigenvalue weighted by atomic mass is 79.9. The van der Waals surface area contributed by atoms with Gasteiger partial charge in [-0.1, -0.05) is 28.1 Å². The SMILES string of the molecule is CNCC(CCOCCCOC)c1ccc(Br)cc1. The normalized spacial score (nSPS) is 12.6. The lowest BCUT2D eigenvalue weighted by Crippen LogP contribution is -2.19. The molecule has 1 N–H and O–H groups in total. The summed E-state index contributed by atoms with van der Waals surface area (Å²) in [5.74, 6) is 0.500. The van der Waals surface area contributed by atoms with E-state index < -0.39 is 0 Å². The molecule has 0 aromatic heterocycles. The van der Waals surface area contributed by atoms with Crippen LogP contribution >= 0.6 is 15.9 Å². The molecule has 0 bridgehead atoms. The Labute approximate surface area is 124 Å². The maximum atomic E-state index is 5.64. The van der Waals surface area contributed by atoms with E-state index in [9.17, 15) is 0 Å². The van der Waals surface area contributed by atoms with E-state index in [1.54, 1.807) is 7.11 Å². The van der Waals surface area contributed by atoms with Crippen LogP contribution < -0.4 is 5.32 Å². The van der Waals surface area contributed by atoms with E-state index in [2.05, 4.69) is 45.5 Å². The van der Waals surface area contributed by atoms with Crippen molar-refractivity contribution in [3.8, 4) is 0 Å². The molecule has 108 valence electrons. The highest BCUT2D eigenvalue weighted by Crippen LogP contribution is 2.21. The molecule has 0 aliphatic rings. The van der Waals surface area contributed by atoms with Crippen molar-refractivity contribution in [3.63, 3.8) is 0 Å². The van der Waals surface area contributed by atoms with Gasteiger partial charge >= 0.3 is 0 Å². The van der Waals surface area contributed by atoms with Gasteiger partial charge in [-0.3, -0.25) is 0 Å². The van der Waals surface area contributed by atoms with Gasteiger partial charge in [0.05, 0.1) is 0 Å². The van der Waals surface area contributed by atoms with Crippen molar-refractivity contribution in [3.05, 3.63) is 34.3 Å². The molecule has 4 heteroatoms. The Bertz CT molecular complexity index is 329. The standard InChI is InChI=1S/C15H24BrNO2/c1-17-12-14(8-11-19-10-3-9-18-2)13-4-6-15(16)7-5-13/h4-7,14,17H,3,8-12H2,1-2H3. The molecular formula is C15H24BrNO2. The van der Waals surface area contributed by atoms with Gasteiger partial charge in [0, 0.05) is 37.9 Å². The minimum absolute atomic E-state index is 0.500. The number of likely N-dealkylation sites (N-methyl/N-ethyl adjacent to an activating group) is 1. The highest BCUT2D eigenvalue weighted by Gasteiger charge is 2.10. The van der Waals surface area contributed by atoms with Crippen molar-refractivity contribution in [1.29, 1.82) is 0 Å². The Hall–Kier alpha value is -0.420. The van der Waals surface area contributed by atoms with Crippen LogP contribution in [0.15, 0.2) is 28.7 Å². The second kappa shape index (κ2) is 10.4. The smallest absolute Gasteiger partial charge is 0.0487 e. The molecule has 19 heavy (non-hydrogen) atoms. The average molecular weight is 330 g/mol. The quantitative estimate of drug-likeness (QED) is 0.669. The average Bonchev–Trinajstić information content (AvgIpc) is 2.42. The number of rotatable bonds is 10. The Kier molecular flexibility index (Phi) is 9.08. The molecule has 3 nitrogen and oxygen atoms in total. The summed E-state index contributed by atoms with van der Waals surface area (Å²) in [5.41, 5.74) is 1.36. The van der Waals surface area contributed by atoms with Crippen molar-refractivity contribution in [2.75, 3.05) is 40.5 Å². The van der Waals surface area contributed by atoms with Gasteiger partial charge in [0.15, 0.2) is 0 Å². The third-order valence-electron chi connectivity index (χ3n) is 3.04. The number of hydrogen-bond acceptors (Lipinski definition) is 3. The summed E-state index contributed by atoms with van der Waals surface area (Å²) in [6, 6.07) is 8.54. The van der Waals surface area contributed by atoms with E-state index in [-0.39, 0.29) is 0 Å². The molecule has 0 amide bonds.